The van der Waals surface area contributed by atoms with E-state index in [0.717, 1.165) is 17.7 Å². The molecule has 0 aliphatic heterocycles. The van der Waals surface area contributed by atoms with E-state index in [4.69, 9.17) is 0 Å². The van der Waals surface area contributed by atoms with Gasteiger partial charge in [0.2, 0.25) is 0 Å². The molecule has 3 heterocycles. The molecule has 0 N–H and O–H groups in total. The molecule has 0 aromatic carbocycles. The van der Waals surface area contributed by atoms with Crippen molar-refractivity contribution in [2.75, 3.05) is 0 Å². The highest BCUT2D eigenvalue weighted by Crippen LogP contribution is 2.43. The fourth-order valence-electron chi connectivity index (χ4n) is 2.23. The molecule has 1 aliphatic carbocycles. The van der Waals surface area contributed by atoms with E-state index < -0.39 is 28.4 Å². The van der Waals surface area contributed by atoms with Crippen LogP contribution in [0.5, 0.6) is 0 Å². The molecule has 0 atom stereocenters. The fourth-order valence-corrected chi connectivity index (χ4v) is 3.88. The third-order valence-corrected chi connectivity index (χ3v) is 5.36. The molecular weight excluding hydrogens is 364 g/mol. The van der Waals surface area contributed by atoms with Gasteiger partial charge in [-0.3, -0.25) is 4.57 Å². The van der Waals surface area contributed by atoms with Gasteiger partial charge in [0.25, 0.3) is 11.9 Å². The van der Waals surface area contributed by atoms with Gasteiger partial charge in [-0.05, 0) is 36.0 Å². The first kappa shape index (κ1) is 15.6. The Morgan fingerprint density at radius 2 is 1.79 bits per heavy atom. The summed E-state index contributed by atoms with van der Waals surface area (Å²) in [5.74, 6) is -5.88. The van der Waals surface area contributed by atoms with Crippen LogP contribution in [0.2, 0.25) is 0 Å². The number of hydrogen-bond donors (Lipinski definition) is 0. The molecule has 0 radical (unpaired) electrons. The first-order chi connectivity index (χ1) is 11.6. The van der Waals surface area contributed by atoms with Crippen LogP contribution in [0, 0.1) is 23.5 Å². The molecule has 3 aromatic rings. The van der Waals surface area contributed by atoms with E-state index in [2.05, 4.69) is 15.2 Å². The zero-order valence-electron chi connectivity index (χ0n) is 11.8. The minimum atomic E-state index is -1.69. The second-order valence-electron chi connectivity index (χ2n) is 5.14. The highest BCUT2D eigenvalue weighted by Gasteiger charge is 2.32. The number of rotatable bonds is 4. The van der Waals surface area contributed by atoms with E-state index in [1.165, 1.54) is 11.3 Å². The minimum Gasteiger partial charge on any atom is -0.298 e. The Kier molecular flexibility index (Phi) is 3.80. The van der Waals surface area contributed by atoms with Gasteiger partial charge >= 0.3 is 0 Å². The molecule has 0 amide bonds. The number of nitrogens with zero attached hydrogens (tertiary/aromatic N) is 4. The van der Waals surface area contributed by atoms with Crippen LogP contribution in [-0.4, -0.2) is 19.7 Å². The van der Waals surface area contributed by atoms with Gasteiger partial charge in [0.1, 0.15) is 0 Å². The van der Waals surface area contributed by atoms with Crippen molar-refractivity contribution in [3.8, 4) is 10.7 Å². The van der Waals surface area contributed by atoms with Crippen molar-refractivity contribution in [1.82, 2.24) is 19.7 Å². The smallest absolute Gasteiger partial charge is 0.252 e. The number of hydrogen-bond acceptors (Lipinski definition) is 5. The first-order valence-electron chi connectivity index (χ1n) is 6.93. The van der Waals surface area contributed by atoms with Crippen LogP contribution >= 0.6 is 23.1 Å². The summed E-state index contributed by atoms with van der Waals surface area (Å²) in [7, 11) is 0. The Labute approximate surface area is 141 Å². The maximum Gasteiger partial charge on any atom is 0.252 e. The van der Waals surface area contributed by atoms with E-state index in [-0.39, 0.29) is 11.2 Å². The lowest BCUT2D eigenvalue weighted by Gasteiger charge is -2.09. The highest BCUT2D eigenvalue weighted by molar-refractivity contribution is 7.99. The van der Waals surface area contributed by atoms with Crippen molar-refractivity contribution in [2.24, 2.45) is 0 Å². The largest absolute Gasteiger partial charge is 0.298 e. The standard InChI is InChI=1S/C14H8F4N4S2/c15-8-10(9(16)12(18)19-11(8)17)24-14-21-20-13(7-2-1-5-23-7)22(14)6-3-4-6/h1-2,5-6H,3-4H2. The summed E-state index contributed by atoms with van der Waals surface area (Å²) in [4.78, 5) is 2.60. The second kappa shape index (κ2) is 5.85. The lowest BCUT2D eigenvalue weighted by Crippen LogP contribution is -2.04. The van der Waals surface area contributed by atoms with Gasteiger partial charge in [0.15, 0.2) is 22.6 Å². The van der Waals surface area contributed by atoms with Crippen molar-refractivity contribution >= 4 is 23.1 Å². The fraction of sp³-hybridized carbons (Fsp3) is 0.214. The molecule has 10 heteroatoms. The number of halogens is 4. The van der Waals surface area contributed by atoms with Gasteiger partial charge in [0, 0.05) is 6.04 Å². The van der Waals surface area contributed by atoms with E-state index in [0.29, 0.717) is 17.6 Å². The minimum absolute atomic E-state index is 0.113. The maximum atomic E-state index is 13.8. The van der Waals surface area contributed by atoms with E-state index in [1.54, 1.807) is 4.57 Å². The lowest BCUT2D eigenvalue weighted by molar-refractivity contribution is 0.383. The predicted octanol–water partition coefficient (Wildman–Crippen LogP) is 4.44. The molecule has 124 valence electrons. The van der Waals surface area contributed by atoms with Crippen molar-refractivity contribution < 1.29 is 17.6 Å². The molecule has 0 spiro atoms. The van der Waals surface area contributed by atoms with Crippen LogP contribution in [0.3, 0.4) is 0 Å². The van der Waals surface area contributed by atoms with Crippen LogP contribution in [0.15, 0.2) is 27.6 Å². The average Bonchev–Trinajstić information content (AvgIpc) is 3.09. The van der Waals surface area contributed by atoms with E-state index in [9.17, 15) is 17.6 Å². The molecule has 1 saturated carbocycles. The van der Waals surface area contributed by atoms with Gasteiger partial charge in [-0.1, -0.05) is 6.07 Å². The Bertz CT molecular complexity index is 880. The zero-order valence-corrected chi connectivity index (χ0v) is 13.5. The Morgan fingerprint density at radius 1 is 1.08 bits per heavy atom. The summed E-state index contributed by atoms with van der Waals surface area (Å²) in [6.07, 6.45) is 1.77. The quantitative estimate of drug-likeness (QED) is 0.502. The first-order valence-corrected chi connectivity index (χ1v) is 8.62. The van der Waals surface area contributed by atoms with Crippen LogP contribution in [0.1, 0.15) is 18.9 Å². The molecule has 24 heavy (non-hydrogen) atoms. The van der Waals surface area contributed by atoms with Gasteiger partial charge < -0.3 is 0 Å². The zero-order chi connectivity index (χ0) is 16.8. The van der Waals surface area contributed by atoms with Crippen molar-refractivity contribution in [1.29, 1.82) is 0 Å². The summed E-state index contributed by atoms with van der Waals surface area (Å²) in [6.45, 7) is 0. The summed E-state index contributed by atoms with van der Waals surface area (Å²) < 4.78 is 56.0. The molecule has 4 nitrogen and oxygen atoms in total. The van der Waals surface area contributed by atoms with Crippen LogP contribution in [-0.2, 0) is 0 Å². The Hall–Kier alpha value is -1.94. The van der Waals surface area contributed by atoms with Crippen LogP contribution in [0.25, 0.3) is 10.7 Å². The number of thiophene rings is 1. The number of aromatic nitrogens is 4. The third-order valence-electron chi connectivity index (χ3n) is 3.47. The topological polar surface area (TPSA) is 43.6 Å². The Balaban J connectivity index is 1.79. The molecule has 3 aromatic heterocycles. The summed E-state index contributed by atoms with van der Waals surface area (Å²) in [6, 6.07) is 3.82. The maximum absolute atomic E-state index is 13.8. The van der Waals surface area contributed by atoms with Crippen molar-refractivity contribution in [3.63, 3.8) is 0 Å². The van der Waals surface area contributed by atoms with Gasteiger partial charge in [0.05, 0.1) is 9.77 Å². The molecule has 0 saturated heterocycles. The van der Waals surface area contributed by atoms with Gasteiger partial charge in [-0.25, -0.2) is 8.78 Å². The highest BCUT2D eigenvalue weighted by atomic mass is 32.2. The SMILES string of the molecule is Fc1nc(F)c(F)c(Sc2nnc(-c3cccs3)n2C2CC2)c1F. The monoisotopic (exact) mass is 372 g/mol. The Morgan fingerprint density at radius 3 is 2.38 bits per heavy atom. The average molecular weight is 372 g/mol. The third kappa shape index (κ3) is 2.59. The second-order valence-corrected chi connectivity index (χ2v) is 7.06. The van der Waals surface area contributed by atoms with E-state index in [1.807, 2.05) is 17.5 Å². The molecule has 1 aliphatic rings. The van der Waals surface area contributed by atoms with Crippen molar-refractivity contribution in [2.45, 2.75) is 28.9 Å². The van der Waals surface area contributed by atoms with Crippen molar-refractivity contribution in [3.05, 3.63) is 41.0 Å². The summed E-state index contributed by atoms with van der Waals surface area (Å²) in [5.41, 5.74) is 0. The van der Waals surface area contributed by atoms with Crippen LogP contribution < -0.4 is 0 Å². The normalized spacial score (nSPS) is 14.3. The molecule has 0 unspecified atom stereocenters. The molecule has 4 rings (SSSR count). The summed E-state index contributed by atoms with van der Waals surface area (Å²) >= 11 is 1.96. The van der Waals surface area contributed by atoms with Gasteiger partial charge in [-0.15, -0.1) is 21.5 Å². The molecule has 0 bridgehead atoms. The molecular formula is C14H8F4N4S2. The lowest BCUT2D eigenvalue weighted by atomic mass is 10.4. The summed E-state index contributed by atoms with van der Waals surface area (Å²) in [5, 5.41) is 10.1. The van der Waals surface area contributed by atoms with Crippen LogP contribution in [0.4, 0.5) is 17.6 Å². The predicted molar refractivity (Wildman–Crippen MR) is 79.8 cm³/mol. The van der Waals surface area contributed by atoms with Gasteiger partial charge in [-0.2, -0.15) is 13.8 Å². The number of pyridine rings is 1. The van der Waals surface area contributed by atoms with E-state index >= 15 is 0 Å². The molecule has 1 fully saturated rings.